The minimum atomic E-state index is -0.195. The number of hydrogen-bond donors (Lipinski definition) is 2. The van der Waals surface area contributed by atoms with Gasteiger partial charge in [0, 0.05) is 29.3 Å². The van der Waals surface area contributed by atoms with Crippen LogP contribution in [0, 0.1) is 6.92 Å². The number of aromatic hydroxyl groups is 1. The molecule has 2 aromatic carbocycles. The van der Waals surface area contributed by atoms with Gasteiger partial charge in [0.25, 0.3) is 5.91 Å². The standard InChI is InChI=1S/C18H11Br2N3O3/c1-8-22-23-18(26-8)10-2-3-15-11(7-10)12(17(25)21-15)4-9-5-13(19)16(24)14(20)6-9/h2-7,24H,1H3,(H,21,25). The fraction of sp³-hybridized carbons (Fsp3) is 0.0556. The van der Waals surface area contributed by atoms with Crippen molar-refractivity contribution >= 4 is 55.1 Å². The summed E-state index contributed by atoms with van der Waals surface area (Å²) in [6.45, 7) is 1.72. The van der Waals surface area contributed by atoms with E-state index in [0.717, 1.165) is 22.4 Å². The number of halogens is 2. The van der Waals surface area contributed by atoms with Crippen LogP contribution in [-0.4, -0.2) is 21.2 Å². The van der Waals surface area contributed by atoms with E-state index >= 15 is 0 Å². The first-order chi connectivity index (χ1) is 12.4. The number of rotatable bonds is 2. The van der Waals surface area contributed by atoms with Crippen LogP contribution in [-0.2, 0) is 4.79 Å². The number of nitrogens with zero attached hydrogens (tertiary/aromatic N) is 2. The Kier molecular flexibility index (Phi) is 4.16. The lowest BCUT2D eigenvalue weighted by Crippen LogP contribution is -2.03. The zero-order valence-electron chi connectivity index (χ0n) is 13.4. The van der Waals surface area contributed by atoms with Crippen LogP contribution in [0.4, 0.5) is 5.69 Å². The van der Waals surface area contributed by atoms with Crippen molar-refractivity contribution in [1.82, 2.24) is 10.2 Å². The molecule has 6 nitrogen and oxygen atoms in total. The number of carbonyl (C=O) groups is 1. The summed E-state index contributed by atoms with van der Waals surface area (Å²) in [5, 5.41) is 20.6. The van der Waals surface area contributed by atoms with E-state index in [4.69, 9.17) is 4.42 Å². The predicted molar refractivity (Wildman–Crippen MR) is 104 cm³/mol. The Bertz CT molecular complexity index is 1070. The quantitative estimate of drug-likeness (QED) is 0.520. The minimum absolute atomic E-state index is 0.109. The van der Waals surface area contributed by atoms with Crippen LogP contribution in [0.3, 0.4) is 0 Å². The molecule has 0 radical (unpaired) electrons. The number of benzene rings is 2. The molecule has 2 heterocycles. The molecule has 0 atom stereocenters. The molecule has 0 saturated carbocycles. The normalized spacial score (nSPS) is 14.6. The second-order valence-corrected chi connectivity index (χ2v) is 7.44. The molecule has 0 spiro atoms. The van der Waals surface area contributed by atoms with Crippen molar-refractivity contribution in [3.63, 3.8) is 0 Å². The number of carbonyl (C=O) groups excluding carboxylic acids is 1. The number of fused-ring (bicyclic) bond motifs is 1. The summed E-state index contributed by atoms with van der Waals surface area (Å²) < 4.78 is 6.54. The fourth-order valence-electron chi connectivity index (χ4n) is 2.71. The number of hydrogen-bond acceptors (Lipinski definition) is 5. The van der Waals surface area contributed by atoms with Crippen molar-refractivity contribution in [2.75, 3.05) is 5.32 Å². The number of nitrogens with one attached hydrogen (secondary N) is 1. The number of amides is 1. The second kappa shape index (κ2) is 6.37. The molecule has 0 aliphatic carbocycles. The Balaban J connectivity index is 1.81. The van der Waals surface area contributed by atoms with E-state index in [2.05, 4.69) is 47.4 Å². The third kappa shape index (κ3) is 2.95. The molecule has 0 saturated heterocycles. The third-order valence-corrected chi connectivity index (χ3v) is 5.13. The molecular weight excluding hydrogens is 466 g/mol. The predicted octanol–water partition coefficient (Wildman–Crippen LogP) is 4.77. The molecule has 0 unspecified atom stereocenters. The molecule has 2 N–H and O–H groups in total. The van der Waals surface area contributed by atoms with Gasteiger partial charge in [-0.2, -0.15) is 0 Å². The number of anilines is 1. The van der Waals surface area contributed by atoms with E-state index in [1.54, 1.807) is 25.1 Å². The summed E-state index contributed by atoms with van der Waals surface area (Å²) in [7, 11) is 0. The van der Waals surface area contributed by atoms with Gasteiger partial charge in [-0.1, -0.05) is 0 Å². The molecule has 3 aromatic rings. The average molecular weight is 477 g/mol. The number of phenols is 1. The van der Waals surface area contributed by atoms with Crippen LogP contribution >= 0.6 is 31.9 Å². The highest BCUT2D eigenvalue weighted by molar-refractivity contribution is 9.11. The summed E-state index contributed by atoms with van der Waals surface area (Å²) in [6.07, 6.45) is 1.76. The Morgan fingerprint density at radius 2 is 1.88 bits per heavy atom. The van der Waals surface area contributed by atoms with E-state index in [1.165, 1.54) is 0 Å². The highest BCUT2D eigenvalue weighted by Crippen LogP contribution is 2.38. The molecule has 26 heavy (non-hydrogen) atoms. The zero-order valence-corrected chi connectivity index (χ0v) is 16.6. The van der Waals surface area contributed by atoms with Gasteiger partial charge in [-0.15, -0.1) is 10.2 Å². The van der Waals surface area contributed by atoms with E-state index in [0.29, 0.717) is 26.3 Å². The average Bonchev–Trinajstić information content (AvgIpc) is 3.16. The first kappa shape index (κ1) is 17.0. The summed E-state index contributed by atoms with van der Waals surface area (Å²) in [6, 6.07) is 8.96. The Hall–Kier alpha value is -2.45. The van der Waals surface area contributed by atoms with Crippen LogP contribution in [0.2, 0.25) is 0 Å². The molecule has 4 rings (SSSR count). The van der Waals surface area contributed by atoms with Crippen molar-refractivity contribution in [3.05, 3.63) is 56.3 Å². The maximum absolute atomic E-state index is 12.4. The molecule has 1 aliphatic rings. The molecule has 0 bridgehead atoms. The number of phenolic OH excluding ortho intramolecular Hbond substituents is 1. The van der Waals surface area contributed by atoms with Crippen LogP contribution in [0.1, 0.15) is 17.0 Å². The van der Waals surface area contributed by atoms with Gasteiger partial charge >= 0.3 is 0 Å². The van der Waals surface area contributed by atoms with E-state index in [1.807, 2.05) is 18.2 Å². The maximum Gasteiger partial charge on any atom is 0.256 e. The summed E-state index contributed by atoms with van der Waals surface area (Å²) >= 11 is 6.60. The van der Waals surface area contributed by atoms with Gasteiger partial charge < -0.3 is 14.8 Å². The van der Waals surface area contributed by atoms with Crippen LogP contribution in [0.25, 0.3) is 23.1 Å². The van der Waals surface area contributed by atoms with Crippen molar-refractivity contribution in [3.8, 4) is 17.2 Å². The second-order valence-electron chi connectivity index (χ2n) is 5.73. The zero-order chi connectivity index (χ0) is 18.4. The highest BCUT2D eigenvalue weighted by Gasteiger charge is 2.25. The molecule has 130 valence electrons. The number of aromatic nitrogens is 2. The van der Waals surface area contributed by atoms with Gasteiger partial charge in [0.05, 0.1) is 8.95 Å². The van der Waals surface area contributed by atoms with Gasteiger partial charge in [0.15, 0.2) is 0 Å². The summed E-state index contributed by atoms with van der Waals surface area (Å²) in [5.74, 6) is 0.792. The van der Waals surface area contributed by atoms with Crippen LogP contribution in [0.5, 0.6) is 5.75 Å². The Labute approximate surface area is 165 Å². The van der Waals surface area contributed by atoms with Crippen molar-refractivity contribution in [1.29, 1.82) is 0 Å². The van der Waals surface area contributed by atoms with E-state index < -0.39 is 0 Å². The summed E-state index contributed by atoms with van der Waals surface area (Å²) in [4.78, 5) is 12.4. The molecule has 0 fully saturated rings. The Morgan fingerprint density at radius 1 is 1.15 bits per heavy atom. The van der Waals surface area contributed by atoms with Gasteiger partial charge in [-0.3, -0.25) is 4.79 Å². The lowest BCUT2D eigenvalue weighted by Gasteiger charge is -2.04. The highest BCUT2D eigenvalue weighted by atomic mass is 79.9. The molecule has 1 aromatic heterocycles. The summed E-state index contributed by atoms with van der Waals surface area (Å²) in [5.41, 5.74) is 3.49. The fourth-order valence-corrected chi connectivity index (χ4v) is 3.93. The monoisotopic (exact) mass is 475 g/mol. The van der Waals surface area contributed by atoms with Crippen LogP contribution < -0.4 is 5.32 Å². The van der Waals surface area contributed by atoms with Gasteiger partial charge in [0.2, 0.25) is 11.8 Å². The molecule has 1 aliphatic heterocycles. The lowest BCUT2D eigenvalue weighted by atomic mass is 10.0. The largest absolute Gasteiger partial charge is 0.506 e. The molecular formula is C18H11Br2N3O3. The lowest BCUT2D eigenvalue weighted by molar-refractivity contribution is -0.110. The topological polar surface area (TPSA) is 88.2 Å². The smallest absolute Gasteiger partial charge is 0.256 e. The Morgan fingerprint density at radius 3 is 2.54 bits per heavy atom. The SMILES string of the molecule is Cc1nnc(-c2ccc3c(c2)C(=Cc2cc(Br)c(O)c(Br)c2)C(=O)N3)o1. The molecule has 8 heteroatoms. The van der Waals surface area contributed by atoms with Gasteiger partial charge in [-0.25, -0.2) is 0 Å². The van der Waals surface area contributed by atoms with Gasteiger partial charge in [-0.05, 0) is 73.8 Å². The number of aryl methyl sites for hydroxylation is 1. The van der Waals surface area contributed by atoms with Crippen molar-refractivity contribution in [2.24, 2.45) is 0 Å². The van der Waals surface area contributed by atoms with Gasteiger partial charge in [0.1, 0.15) is 5.75 Å². The first-order valence-corrected chi connectivity index (χ1v) is 9.17. The minimum Gasteiger partial charge on any atom is -0.506 e. The van der Waals surface area contributed by atoms with Crippen molar-refractivity contribution < 1.29 is 14.3 Å². The maximum atomic E-state index is 12.4. The first-order valence-electron chi connectivity index (χ1n) is 7.58. The van der Waals surface area contributed by atoms with Crippen LogP contribution in [0.15, 0.2) is 43.7 Å². The molecule has 1 amide bonds. The third-order valence-electron chi connectivity index (χ3n) is 3.93. The van der Waals surface area contributed by atoms with E-state index in [-0.39, 0.29) is 11.7 Å². The van der Waals surface area contributed by atoms with E-state index in [9.17, 15) is 9.90 Å². The van der Waals surface area contributed by atoms with Crippen molar-refractivity contribution in [2.45, 2.75) is 6.92 Å².